The van der Waals surface area contributed by atoms with E-state index in [2.05, 4.69) is 17.1 Å². The average molecular weight is 287 g/mol. The van der Waals surface area contributed by atoms with Crippen molar-refractivity contribution in [2.75, 3.05) is 24.7 Å². The molecule has 3 unspecified atom stereocenters. The minimum Gasteiger partial charge on any atom is -0.379 e. The first-order valence-electron chi connectivity index (χ1n) is 6.13. The Morgan fingerprint density at radius 2 is 2.22 bits per heavy atom. The Hall–Kier alpha value is -0.240. The molecule has 0 saturated carbocycles. The molecule has 18 heavy (non-hydrogen) atoms. The van der Waals surface area contributed by atoms with Crippen LogP contribution < -0.4 is 5.73 Å². The van der Waals surface area contributed by atoms with Gasteiger partial charge in [-0.15, -0.1) is 11.8 Å². The van der Waals surface area contributed by atoms with Crippen LogP contribution in [0.5, 0.6) is 0 Å². The molecule has 0 amide bonds. The van der Waals surface area contributed by atoms with Gasteiger partial charge in [-0.1, -0.05) is 12.1 Å². The quantitative estimate of drug-likeness (QED) is 0.884. The maximum Gasteiger partial charge on any atom is 0.249 e. The van der Waals surface area contributed by atoms with Gasteiger partial charge in [0.05, 0.1) is 11.9 Å². The highest BCUT2D eigenvalue weighted by atomic mass is 32.2. The number of ether oxygens (including phenoxy) is 1. The molecular weight excluding hydrogens is 270 g/mol. The summed E-state index contributed by atoms with van der Waals surface area (Å²) in [4.78, 5) is 4.52. The van der Waals surface area contributed by atoms with E-state index in [0.717, 1.165) is 18.0 Å². The number of nitrogens with zero attached hydrogens (tertiary/aromatic N) is 2. The summed E-state index contributed by atoms with van der Waals surface area (Å²) >= 11 is 3.86. The standard InChI is InChI=1S/C11H17N3O2S2/c1-7-8(18-5-4-17-7)9-13-10(16-14-9)11(12)2-3-15-6-11/h7-8H,2-6,12H2,1H3. The highest BCUT2D eigenvalue weighted by molar-refractivity contribution is 8.06. The van der Waals surface area contributed by atoms with Crippen molar-refractivity contribution in [2.24, 2.45) is 5.73 Å². The third kappa shape index (κ3) is 2.29. The van der Waals surface area contributed by atoms with Crippen molar-refractivity contribution >= 4 is 23.5 Å². The molecule has 2 saturated heterocycles. The van der Waals surface area contributed by atoms with Crippen molar-refractivity contribution in [1.82, 2.24) is 10.1 Å². The zero-order valence-corrected chi connectivity index (χ0v) is 11.9. The van der Waals surface area contributed by atoms with Crippen LogP contribution in [0.25, 0.3) is 0 Å². The van der Waals surface area contributed by atoms with Gasteiger partial charge in [-0.05, 0) is 6.42 Å². The zero-order chi connectivity index (χ0) is 12.6. The van der Waals surface area contributed by atoms with Gasteiger partial charge in [-0.3, -0.25) is 0 Å². The molecule has 0 spiro atoms. The topological polar surface area (TPSA) is 74.2 Å². The summed E-state index contributed by atoms with van der Waals surface area (Å²) < 4.78 is 10.7. The first-order valence-corrected chi connectivity index (χ1v) is 8.23. The molecule has 3 heterocycles. The molecule has 1 aromatic heterocycles. The van der Waals surface area contributed by atoms with Crippen molar-refractivity contribution in [2.45, 2.75) is 29.4 Å². The maximum atomic E-state index is 6.22. The van der Waals surface area contributed by atoms with Crippen LogP contribution in [0.2, 0.25) is 0 Å². The molecule has 2 aliphatic rings. The van der Waals surface area contributed by atoms with Gasteiger partial charge in [-0.25, -0.2) is 0 Å². The third-order valence-electron chi connectivity index (χ3n) is 3.36. The smallest absolute Gasteiger partial charge is 0.249 e. The molecule has 7 heteroatoms. The molecule has 100 valence electrons. The molecule has 2 fully saturated rings. The van der Waals surface area contributed by atoms with Crippen LogP contribution in [0, 0.1) is 0 Å². The van der Waals surface area contributed by atoms with E-state index < -0.39 is 5.54 Å². The molecule has 2 aliphatic heterocycles. The van der Waals surface area contributed by atoms with Crippen molar-refractivity contribution in [3.8, 4) is 0 Å². The highest BCUT2D eigenvalue weighted by Gasteiger charge is 2.39. The lowest BCUT2D eigenvalue weighted by molar-refractivity contribution is 0.166. The number of aromatic nitrogens is 2. The highest BCUT2D eigenvalue weighted by Crippen LogP contribution is 2.41. The lowest BCUT2D eigenvalue weighted by Gasteiger charge is -2.25. The summed E-state index contributed by atoms with van der Waals surface area (Å²) in [5.74, 6) is 3.65. The normalized spacial score (nSPS) is 37.0. The largest absolute Gasteiger partial charge is 0.379 e. The lowest BCUT2D eigenvalue weighted by atomic mass is 10.0. The average Bonchev–Trinajstić information content (AvgIpc) is 2.99. The molecule has 2 N–H and O–H groups in total. The molecular formula is C11H17N3O2S2. The molecule has 3 rings (SSSR count). The first kappa shape index (κ1) is 12.8. The van der Waals surface area contributed by atoms with Gasteiger partial charge in [-0.2, -0.15) is 16.7 Å². The summed E-state index contributed by atoms with van der Waals surface area (Å²) in [7, 11) is 0. The monoisotopic (exact) mass is 287 g/mol. The van der Waals surface area contributed by atoms with Gasteiger partial charge in [0.1, 0.15) is 5.54 Å². The fraction of sp³-hybridized carbons (Fsp3) is 0.818. The van der Waals surface area contributed by atoms with Crippen LogP contribution in [0.3, 0.4) is 0 Å². The Kier molecular flexibility index (Phi) is 3.57. The summed E-state index contributed by atoms with van der Waals surface area (Å²) in [5, 5.41) is 4.95. The predicted octanol–water partition coefficient (Wildman–Crippen LogP) is 1.55. The Labute approximate surface area is 115 Å². The second-order valence-electron chi connectivity index (χ2n) is 4.78. The Bertz CT molecular complexity index is 420. The summed E-state index contributed by atoms with van der Waals surface area (Å²) in [6.45, 7) is 3.35. The Balaban J connectivity index is 1.80. The van der Waals surface area contributed by atoms with E-state index in [1.165, 1.54) is 5.75 Å². The van der Waals surface area contributed by atoms with Crippen molar-refractivity contribution in [3.63, 3.8) is 0 Å². The lowest BCUT2D eigenvalue weighted by Crippen LogP contribution is -2.37. The zero-order valence-electron chi connectivity index (χ0n) is 10.3. The molecule has 5 nitrogen and oxygen atoms in total. The van der Waals surface area contributed by atoms with Crippen LogP contribution >= 0.6 is 23.5 Å². The first-order chi connectivity index (χ1) is 8.69. The summed E-state index contributed by atoms with van der Waals surface area (Å²) in [5.41, 5.74) is 5.64. The van der Waals surface area contributed by atoms with Crippen LogP contribution in [0.1, 0.15) is 30.3 Å². The SMILES string of the molecule is CC1SCCSC1c1noc(C2(N)CCOC2)n1. The Morgan fingerprint density at radius 3 is 2.94 bits per heavy atom. The van der Waals surface area contributed by atoms with Gasteiger partial charge < -0.3 is 15.0 Å². The second kappa shape index (κ2) is 5.03. The van der Waals surface area contributed by atoms with E-state index >= 15 is 0 Å². The van der Waals surface area contributed by atoms with Crippen LogP contribution in [-0.4, -0.2) is 40.1 Å². The van der Waals surface area contributed by atoms with Crippen LogP contribution in [-0.2, 0) is 10.3 Å². The minimum atomic E-state index is -0.582. The molecule has 0 aliphatic carbocycles. The minimum absolute atomic E-state index is 0.312. The van der Waals surface area contributed by atoms with Crippen LogP contribution in [0.15, 0.2) is 4.52 Å². The van der Waals surface area contributed by atoms with Gasteiger partial charge in [0.15, 0.2) is 5.82 Å². The van der Waals surface area contributed by atoms with E-state index in [4.69, 9.17) is 15.0 Å². The van der Waals surface area contributed by atoms with Crippen LogP contribution in [0.4, 0.5) is 0 Å². The van der Waals surface area contributed by atoms with E-state index in [1.54, 1.807) is 0 Å². The van der Waals surface area contributed by atoms with Gasteiger partial charge in [0.2, 0.25) is 5.89 Å². The van der Waals surface area contributed by atoms with Gasteiger partial charge >= 0.3 is 0 Å². The van der Waals surface area contributed by atoms with Gasteiger partial charge in [0, 0.05) is 23.4 Å². The fourth-order valence-corrected chi connectivity index (χ4v) is 4.90. The number of hydrogen-bond donors (Lipinski definition) is 1. The number of nitrogens with two attached hydrogens (primary N) is 1. The second-order valence-corrected chi connectivity index (χ2v) is 7.52. The van der Waals surface area contributed by atoms with Crippen molar-refractivity contribution in [3.05, 3.63) is 11.7 Å². The maximum absolute atomic E-state index is 6.22. The molecule has 0 bridgehead atoms. The van der Waals surface area contributed by atoms with E-state index in [-0.39, 0.29) is 0 Å². The van der Waals surface area contributed by atoms with E-state index in [0.29, 0.717) is 29.6 Å². The van der Waals surface area contributed by atoms with E-state index in [9.17, 15) is 0 Å². The molecule has 3 atom stereocenters. The number of rotatable bonds is 2. The fourth-order valence-electron chi connectivity index (χ4n) is 2.22. The van der Waals surface area contributed by atoms with Crippen molar-refractivity contribution < 1.29 is 9.26 Å². The van der Waals surface area contributed by atoms with E-state index in [1.807, 2.05) is 23.5 Å². The Morgan fingerprint density at radius 1 is 1.39 bits per heavy atom. The third-order valence-corrected chi connectivity index (χ3v) is 6.45. The summed E-state index contributed by atoms with van der Waals surface area (Å²) in [6.07, 6.45) is 0.747. The molecule has 0 aromatic carbocycles. The molecule has 0 radical (unpaired) electrons. The number of thioether (sulfide) groups is 2. The van der Waals surface area contributed by atoms with Crippen molar-refractivity contribution in [1.29, 1.82) is 0 Å². The summed E-state index contributed by atoms with van der Waals surface area (Å²) in [6, 6.07) is 0. The van der Waals surface area contributed by atoms with Gasteiger partial charge in [0.25, 0.3) is 0 Å². The predicted molar refractivity (Wildman–Crippen MR) is 72.7 cm³/mol. The molecule has 1 aromatic rings. The number of hydrogen-bond acceptors (Lipinski definition) is 7.